The minimum atomic E-state index is 0.481. The van der Waals surface area contributed by atoms with Crippen LogP contribution in [0.25, 0.3) is 0 Å². The van der Waals surface area contributed by atoms with Gasteiger partial charge in [0.2, 0.25) is 0 Å². The Labute approximate surface area is 139 Å². The number of thiocarbonyl (C=S) groups is 1. The Hall–Kier alpha value is -0.0400. The van der Waals surface area contributed by atoms with Gasteiger partial charge in [0, 0.05) is 45.2 Å². The number of anilines is 1. The van der Waals surface area contributed by atoms with Gasteiger partial charge in [0.05, 0.1) is 0 Å². The van der Waals surface area contributed by atoms with Crippen LogP contribution >= 0.6 is 47.5 Å². The first-order valence-electron chi connectivity index (χ1n) is 6.71. The van der Waals surface area contributed by atoms with Crippen LogP contribution in [0.1, 0.15) is 12.5 Å². The van der Waals surface area contributed by atoms with Crippen molar-refractivity contribution in [1.82, 2.24) is 0 Å². The minimum Gasteiger partial charge on any atom is -0.389 e. The Kier molecular flexibility index (Phi) is 6.87. The number of nitrogens with two attached hydrogens (primary N) is 1. The predicted molar refractivity (Wildman–Crippen MR) is 101 cm³/mol. The maximum atomic E-state index is 5.92. The van der Waals surface area contributed by atoms with E-state index in [-0.39, 0.29) is 0 Å². The highest BCUT2D eigenvalue weighted by molar-refractivity contribution is 8.06. The molecule has 0 aliphatic carbocycles. The predicted octanol–water partition coefficient (Wildman–Crippen LogP) is 3.69. The van der Waals surface area contributed by atoms with E-state index in [9.17, 15) is 0 Å². The summed E-state index contributed by atoms with van der Waals surface area (Å²) in [4.78, 5) is 1.66. The molecule has 0 bridgehead atoms. The van der Waals surface area contributed by atoms with E-state index in [4.69, 9.17) is 18.0 Å². The summed E-state index contributed by atoms with van der Waals surface area (Å²) in [5.74, 6) is 4.78. The molecule has 0 radical (unpaired) electrons. The number of rotatable bonds is 6. The van der Waals surface area contributed by atoms with E-state index >= 15 is 0 Å². The molecular formula is C14H20N2S4. The molecule has 3 N–H and O–H groups in total. The molecule has 1 fully saturated rings. The SMILES string of the molecule is CCSc1cccc(NCC2CSCCS2)c1C(N)=S. The van der Waals surface area contributed by atoms with E-state index in [2.05, 4.69) is 42.2 Å². The van der Waals surface area contributed by atoms with E-state index < -0.39 is 0 Å². The van der Waals surface area contributed by atoms with Gasteiger partial charge in [-0.15, -0.1) is 11.8 Å². The molecule has 6 heteroatoms. The van der Waals surface area contributed by atoms with Gasteiger partial charge >= 0.3 is 0 Å². The van der Waals surface area contributed by atoms with Crippen LogP contribution < -0.4 is 11.1 Å². The number of thioether (sulfide) groups is 3. The number of hydrogen-bond acceptors (Lipinski definition) is 5. The summed E-state index contributed by atoms with van der Waals surface area (Å²) >= 11 is 11.1. The molecule has 1 aliphatic rings. The van der Waals surface area contributed by atoms with Gasteiger partial charge in [-0.1, -0.05) is 25.2 Å². The third-order valence-electron chi connectivity index (χ3n) is 2.98. The Bertz CT molecular complexity index is 458. The molecule has 1 aliphatic heterocycles. The molecule has 1 saturated heterocycles. The highest BCUT2D eigenvalue weighted by atomic mass is 32.2. The van der Waals surface area contributed by atoms with Gasteiger partial charge in [0.25, 0.3) is 0 Å². The van der Waals surface area contributed by atoms with Crippen LogP contribution in [0.15, 0.2) is 23.1 Å². The fraction of sp³-hybridized carbons (Fsp3) is 0.500. The average Bonchev–Trinajstić information content (AvgIpc) is 2.46. The average molecular weight is 345 g/mol. The van der Waals surface area contributed by atoms with E-state index in [1.54, 1.807) is 11.8 Å². The number of nitrogens with one attached hydrogen (secondary N) is 1. The van der Waals surface area contributed by atoms with Crippen LogP contribution in [-0.4, -0.2) is 39.8 Å². The lowest BCUT2D eigenvalue weighted by atomic mass is 10.1. The lowest BCUT2D eigenvalue weighted by Gasteiger charge is -2.23. The normalized spacial score (nSPS) is 18.8. The molecule has 0 saturated carbocycles. The van der Waals surface area contributed by atoms with Crippen molar-refractivity contribution in [1.29, 1.82) is 0 Å². The van der Waals surface area contributed by atoms with Crippen molar-refractivity contribution in [3.63, 3.8) is 0 Å². The van der Waals surface area contributed by atoms with Crippen LogP contribution in [0, 0.1) is 0 Å². The van der Waals surface area contributed by atoms with Gasteiger partial charge < -0.3 is 11.1 Å². The Morgan fingerprint density at radius 2 is 2.35 bits per heavy atom. The van der Waals surface area contributed by atoms with Crippen LogP contribution in [0.2, 0.25) is 0 Å². The Morgan fingerprint density at radius 3 is 3.00 bits per heavy atom. The summed E-state index contributed by atoms with van der Waals surface area (Å²) in [5.41, 5.74) is 8.00. The quantitative estimate of drug-likeness (QED) is 0.605. The van der Waals surface area contributed by atoms with Gasteiger partial charge in [-0.2, -0.15) is 23.5 Å². The van der Waals surface area contributed by atoms with Crippen LogP contribution in [-0.2, 0) is 0 Å². The summed E-state index contributed by atoms with van der Waals surface area (Å²) in [7, 11) is 0. The second-order valence-electron chi connectivity index (χ2n) is 4.42. The monoisotopic (exact) mass is 344 g/mol. The topological polar surface area (TPSA) is 38.0 Å². The summed E-state index contributed by atoms with van der Waals surface area (Å²) in [6.45, 7) is 3.12. The molecule has 1 aromatic carbocycles. The molecule has 0 aromatic heterocycles. The molecule has 1 aromatic rings. The lowest BCUT2D eigenvalue weighted by molar-refractivity contribution is 1.00. The molecule has 1 atom stereocenters. The van der Waals surface area contributed by atoms with Gasteiger partial charge in [0.15, 0.2) is 0 Å². The first-order chi connectivity index (χ1) is 9.72. The molecule has 1 unspecified atom stereocenters. The van der Waals surface area contributed by atoms with Crippen molar-refractivity contribution < 1.29 is 0 Å². The molecule has 2 nitrogen and oxygen atoms in total. The summed E-state index contributed by atoms with van der Waals surface area (Å²) in [5, 5.41) is 4.22. The fourth-order valence-electron chi connectivity index (χ4n) is 2.09. The zero-order valence-corrected chi connectivity index (χ0v) is 14.8. The van der Waals surface area contributed by atoms with Gasteiger partial charge in [-0.3, -0.25) is 0 Å². The van der Waals surface area contributed by atoms with E-state index in [1.165, 1.54) is 22.2 Å². The van der Waals surface area contributed by atoms with Crippen molar-refractivity contribution in [3.05, 3.63) is 23.8 Å². The largest absolute Gasteiger partial charge is 0.389 e. The molecule has 2 rings (SSSR count). The molecular weight excluding hydrogens is 324 g/mol. The Balaban J connectivity index is 2.09. The molecule has 1 heterocycles. The zero-order chi connectivity index (χ0) is 14.4. The van der Waals surface area contributed by atoms with E-state index in [1.807, 2.05) is 11.8 Å². The molecule has 0 spiro atoms. The second kappa shape index (κ2) is 8.41. The van der Waals surface area contributed by atoms with Gasteiger partial charge in [-0.05, 0) is 17.9 Å². The van der Waals surface area contributed by atoms with Crippen molar-refractivity contribution in [2.24, 2.45) is 5.73 Å². The highest BCUT2D eigenvalue weighted by Gasteiger charge is 2.16. The van der Waals surface area contributed by atoms with Gasteiger partial charge in [-0.25, -0.2) is 0 Å². The van der Waals surface area contributed by atoms with Crippen molar-refractivity contribution in [2.75, 3.05) is 34.9 Å². The third-order valence-corrected chi connectivity index (χ3v) is 6.97. The van der Waals surface area contributed by atoms with E-state index in [0.29, 0.717) is 10.2 Å². The van der Waals surface area contributed by atoms with Crippen molar-refractivity contribution in [2.45, 2.75) is 17.1 Å². The maximum absolute atomic E-state index is 5.92. The molecule has 0 amide bonds. The Morgan fingerprint density at radius 1 is 1.50 bits per heavy atom. The summed E-state index contributed by atoms with van der Waals surface area (Å²) < 4.78 is 0. The summed E-state index contributed by atoms with van der Waals surface area (Å²) in [6.07, 6.45) is 0. The van der Waals surface area contributed by atoms with Crippen molar-refractivity contribution in [3.8, 4) is 0 Å². The van der Waals surface area contributed by atoms with Crippen molar-refractivity contribution >= 4 is 58.2 Å². The van der Waals surface area contributed by atoms with Crippen LogP contribution in [0.3, 0.4) is 0 Å². The number of hydrogen-bond donors (Lipinski definition) is 2. The molecule has 20 heavy (non-hydrogen) atoms. The third kappa shape index (κ3) is 4.48. The van der Waals surface area contributed by atoms with Crippen LogP contribution in [0.5, 0.6) is 0 Å². The first-order valence-corrected chi connectivity index (χ1v) is 10.3. The summed E-state index contributed by atoms with van der Waals surface area (Å²) in [6, 6.07) is 6.25. The second-order valence-corrected chi connectivity index (χ2v) is 8.73. The highest BCUT2D eigenvalue weighted by Crippen LogP contribution is 2.30. The smallest absolute Gasteiger partial charge is 0.107 e. The van der Waals surface area contributed by atoms with Crippen LogP contribution in [0.4, 0.5) is 5.69 Å². The standard InChI is InChI=1S/C14H20N2S4/c1-2-19-12-5-3-4-11(13(12)14(15)17)16-8-10-9-18-6-7-20-10/h3-5,10,16H,2,6-9H2,1H3,(H2,15,17). The lowest BCUT2D eigenvalue weighted by Crippen LogP contribution is -2.24. The maximum Gasteiger partial charge on any atom is 0.107 e. The first kappa shape index (κ1) is 16.3. The fourth-order valence-corrected chi connectivity index (χ4v) is 5.83. The number of benzene rings is 1. The molecule has 110 valence electrons. The van der Waals surface area contributed by atoms with E-state index in [0.717, 1.165) is 23.5 Å². The zero-order valence-electron chi connectivity index (χ0n) is 11.6. The van der Waals surface area contributed by atoms with Gasteiger partial charge in [0.1, 0.15) is 4.99 Å². The minimum absolute atomic E-state index is 0.481.